The van der Waals surface area contributed by atoms with Crippen molar-refractivity contribution in [1.29, 1.82) is 0 Å². The zero-order valence-electron chi connectivity index (χ0n) is 8.09. The Hall–Kier alpha value is -0.440. The Labute approximate surface area is 93.6 Å². The van der Waals surface area contributed by atoms with Crippen LogP contribution in [0.1, 0.15) is 25.5 Å². The molecular weight excluding hydrogens is 221 g/mol. The molecular formula is C10H13Cl2NO. The molecule has 0 aliphatic rings. The van der Waals surface area contributed by atoms with E-state index in [4.69, 9.17) is 28.9 Å². The van der Waals surface area contributed by atoms with Crippen molar-refractivity contribution >= 4 is 23.2 Å². The third-order valence-corrected chi connectivity index (χ3v) is 2.72. The highest BCUT2D eigenvalue weighted by Gasteiger charge is 2.14. The van der Waals surface area contributed by atoms with Gasteiger partial charge < -0.3 is 10.8 Å². The van der Waals surface area contributed by atoms with Crippen LogP contribution in [0.2, 0.25) is 10.0 Å². The molecule has 0 unspecified atom stereocenters. The van der Waals surface area contributed by atoms with Crippen LogP contribution in [0.4, 0.5) is 0 Å². The first-order valence-corrected chi connectivity index (χ1v) is 5.12. The highest BCUT2D eigenvalue weighted by Crippen LogP contribution is 2.35. The molecule has 0 spiro atoms. The van der Waals surface area contributed by atoms with Gasteiger partial charge >= 0.3 is 0 Å². The second-order valence-electron chi connectivity index (χ2n) is 3.60. The van der Waals surface area contributed by atoms with E-state index < -0.39 is 0 Å². The summed E-state index contributed by atoms with van der Waals surface area (Å²) in [5, 5.41) is 9.83. The molecule has 1 atom stereocenters. The van der Waals surface area contributed by atoms with Gasteiger partial charge in [-0.1, -0.05) is 37.0 Å². The molecule has 0 bridgehead atoms. The monoisotopic (exact) mass is 233 g/mol. The SMILES string of the molecule is CC(C)[C@@H](N)c1cc(Cl)c(O)c(Cl)c1. The largest absolute Gasteiger partial charge is 0.505 e. The van der Waals surface area contributed by atoms with E-state index in [1.165, 1.54) is 0 Å². The normalized spacial score (nSPS) is 13.3. The molecule has 0 amide bonds. The van der Waals surface area contributed by atoms with Crippen molar-refractivity contribution in [2.45, 2.75) is 19.9 Å². The summed E-state index contributed by atoms with van der Waals surface area (Å²) in [5.74, 6) is 0.208. The van der Waals surface area contributed by atoms with Crippen LogP contribution in [-0.4, -0.2) is 5.11 Å². The summed E-state index contributed by atoms with van der Waals surface area (Å²) in [4.78, 5) is 0. The Morgan fingerprint density at radius 1 is 1.21 bits per heavy atom. The summed E-state index contributed by atoms with van der Waals surface area (Å²) in [6.07, 6.45) is 0. The number of phenolic OH excluding ortho intramolecular Hbond substituents is 1. The molecule has 3 N–H and O–H groups in total. The van der Waals surface area contributed by atoms with Gasteiger partial charge in [-0.25, -0.2) is 0 Å². The minimum atomic E-state index is -0.120. The van der Waals surface area contributed by atoms with Crippen LogP contribution >= 0.6 is 23.2 Å². The third-order valence-electron chi connectivity index (χ3n) is 2.14. The smallest absolute Gasteiger partial charge is 0.152 e. The molecule has 1 rings (SSSR count). The van der Waals surface area contributed by atoms with Gasteiger partial charge in [0, 0.05) is 6.04 Å². The van der Waals surface area contributed by atoms with E-state index in [-0.39, 0.29) is 21.8 Å². The fraction of sp³-hybridized carbons (Fsp3) is 0.400. The molecule has 14 heavy (non-hydrogen) atoms. The molecule has 0 aromatic heterocycles. The third kappa shape index (κ3) is 2.32. The van der Waals surface area contributed by atoms with Crippen molar-refractivity contribution in [3.05, 3.63) is 27.7 Å². The second-order valence-corrected chi connectivity index (χ2v) is 4.42. The quantitative estimate of drug-likeness (QED) is 0.824. The van der Waals surface area contributed by atoms with Crippen molar-refractivity contribution in [3.8, 4) is 5.75 Å². The molecule has 0 aliphatic heterocycles. The van der Waals surface area contributed by atoms with Gasteiger partial charge in [0.15, 0.2) is 5.75 Å². The first-order chi connectivity index (χ1) is 6.43. The van der Waals surface area contributed by atoms with E-state index in [1.54, 1.807) is 12.1 Å². The predicted molar refractivity (Wildman–Crippen MR) is 59.9 cm³/mol. The van der Waals surface area contributed by atoms with Gasteiger partial charge in [-0.3, -0.25) is 0 Å². The number of hydrogen-bond acceptors (Lipinski definition) is 2. The molecule has 0 saturated carbocycles. The van der Waals surface area contributed by atoms with Gasteiger partial charge in [-0.15, -0.1) is 0 Å². The van der Waals surface area contributed by atoms with Gasteiger partial charge in [-0.2, -0.15) is 0 Å². The molecule has 1 aromatic rings. The minimum absolute atomic E-state index is 0.0898. The molecule has 0 radical (unpaired) electrons. The summed E-state index contributed by atoms with van der Waals surface area (Å²) in [6, 6.07) is 3.17. The molecule has 0 fully saturated rings. The minimum Gasteiger partial charge on any atom is -0.505 e. The number of halogens is 2. The van der Waals surface area contributed by atoms with Gasteiger partial charge in [0.1, 0.15) is 0 Å². The summed E-state index contributed by atoms with van der Waals surface area (Å²) in [7, 11) is 0. The molecule has 2 nitrogen and oxygen atoms in total. The number of aromatic hydroxyl groups is 1. The Morgan fingerprint density at radius 3 is 2.00 bits per heavy atom. The lowest BCUT2D eigenvalue weighted by Gasteiger charge is -2.17. The number of hydrogen-bond donors (Lipinski definition) is 2. The molecule has 1 aromatic carbocycles. The van der Waals surface area contributed by atoms with E-state index in [0.29, 0.717) is 5.92 Å². The Morgan fingerprint density at radius 2 is 1.64 bits per heavy atom. The van der Waals surface area contributed by atoms with Crippen LogP contribution in [0.15, 0.2) is 12.1 Å². The van der Waals surface area contributed by atoms with E-state index in [0.717, 1.165) is 5.56 Å². The van der Waals surface area contributed by atoms with Gasteiger partial charge in [0.05, 0.1) is 10.0 Å². The average Bonchev–Trinajstić information content (AvgIpc) is 2.12. The highest BCUT2D eigenvalue weighted by molar-refractivity contribution is 6.37. The van der Waals surface area contributed by atoms with E-state index in [9.17, 15) is 5.11 Å². The van der Waals surface area contributed by atoms with Crippen molar-refractivity contribution in [1.82, 2.24) is 0 Å². The number of nitrogens with two attached hydrogens (primary N) is 1. The van der Waals surface area contributed by atoms with Crippen LogP contribution in [0.3, 0.4) is 0 Å². The molecule has 4 heteroatoms. The summed E-state index contributed by atoms with van der Waals surface area (Å²) >= 11 is 11.6. The summed E-state index contributed by atoms with van der Waals surface area (Å²) < 4.78 is 0. The Balaban J connectivity index is 3.12. The van der Waals surface area contributed by atoms with E-state index in [2.05, 4.69) is 0 Å². The van der Waals surface area contributed by atoms with Crippen LogP contribution in [-0.2, 0) is 0 Å². The lowest BCUT2D eigenvalue weighted by Crippen LogP contribution is -2.16. The maximum absolute atomic E-state index is 9.35. The Kier molecular flexibility index (Phi) is 3.65. The Bertz CT molecular complexity index is 316. The van der Waals surface area contributed by atoms with Crippen LogP contribution < -0.4 is 5.73 Å². The molecule has 0 saturated heterocycles. The van der Waals surface area contributed by atoms with Crippen molar-refractivity contribution in [2.24, 2.45) is 11.7 Å². The maximum Gasteiger partial charge on any atom is 0.152 e. The van der Waals surface area contributed by atoms with Crippen LogP contribution in [0.5, 0.6) is 5.75 Å². The van der Waals surface area contributed by atoms with Crippen molar-refractivity contribution in [2.75, 3.05) is 0 Å². The first kappa shape index (κ1) is 11.6. The standard InChI is InChI=1S/C10H13Cl2NO/c1-5(2)9(13)6-3-7(11)10(14)8(12)4-6/h3-5,9,14H,13H2,1-2H3/t9-/m1/s1. The fourth-order valence-corrected chi connectivity index (χ4v) is 1.67. The van der Waals surface area contributed by atoms with Gasteiger partial charge in [0.25, 0.3) is 0 Å². The maximum atomic E-state index is 9.35. The van der Waals surface area contributed by atoms with Crippen LogP contribution in [0, 0.1) is 5.92 Å². The van der Waals surface area contributed by atoms with Crippen molar-refractivity contribution in [3.63, 3.8) is 0 Å². The molecule has 78 valence electrons. The van der Waals surface area contributed by atoms with Crippen LogP contribution in [0.25, 0.3) is 0 Å². The number of rotatable bonds is 2. The topological polar surface area (TPSA) is 46.2 Å². The highest BCUT2D eigenvalue weighted by atomic mass is 35.5. The zero-order chi connectivity index (χ0) is 10.9. The van der Waals surface area contributed by atoms with Gasteiger partial charge in [0.2, 0.25) is 0 Å². The number of phenols is 1. The predicted octanol–water partition coefficient (Wildman–Crippen LogP) is 3.35. The lowest BCUT2D eigenvalue weighted by atomic mass is 9.97. The molecule has 0 heterocycles. The average molecular weight is 234 g/mol. The molecule has 0 aliphatic carbocycles. The zero-order valence-corrected chi connectivity index (χ0v) is 9.60. The fourth-order valence-electron chi connectivity index (χ4n) is 1.16. The summed E-state index contributed by atoms with van der Waals surface area (Å²) in [6.45, 7) is 4.03. The number of benzene rings is 1. The van der Waals surface area contributed by atoms with E-state index >= 15 is 0 Å². The lowest BCUT2D eigenvalue weighted by molar-refractivity contribution is 0.473. The van der Waals surface area contributed by atoms with Crippen molar-refractivity contribution < 1.29 is 5.11 Å². The second kappa shape index (κ2) is 4.39. The van der Waals surface area contributed by atoms with E-state index in [1.807, 2.05) is 13.8 Å². The van der Waals surface area contributed by atoms with Gasteiger partial charge in [-0.05, 0) is 23.6 Å². The summed E-state index contributed by atoms with van der Waals surface area (Å²) in [5.41, 5.74) is 6.77. The first-order valence-electron chi connectivity index (χ1n) is 4.37.